The van der Waals surface area contributed by atoms with Gasteiger partial charge in [-0.2, -0.15) is 0 Å². The second kappa shape index (κ2) is 5.86. The molecule has 1 aromatic carbocycles. The van der Waals surface area contributed by atoms with Crippen molar-refractivity contribution in [1.29, 1.82) is 0 Å². The maximum absolute atomic E-state index is 12.8. The molecule has 0 bridgehead atoms. The zero-order valence-electron chi connectivity index (χ0n) is 9.77. The average molecular weight is 284 g/mol. The number of nitrogens with one attached hydrogen (secondary N) is 1. The number of halogens is 2. The van der Waals surface area contributed by atoms with E-state index in [1.165, 1.54) is 12.3 Å². The monoisotopic (exact) mass is 283 g/mol. The standard InChI is InChI=1S/C13H11ClFNO3/c14-10-6-8(15)3-4-9(10)13(18)16-7-11(17)12-2-1-5-19-12/h1-6,11,17H,7H2,(H,16,18). The number of furan rings is 1. The van der Waals surface area contributed by atoms with E-state index in [0.29, 0.717) is 5.76 Å². The maximum atomic E-state index is 12.8. The third-order valence-corrected chi connectivity index (χ3v) is 2.82. The predicted molar refractivity (Wildman–Crippen MR) is 67.4 cm³/mol. The van der Waals surface area contributed by atoms with Crippen molar-refractivity contribution in [3.05, 3.63) is 58.8 Å². The summed E-state index contributed by atoms with van der Waals surface area (Å²) in [6.45, 7) is -0.0277. The van der Waals surface area contributed by atoms with Gasteiger partial charge in [-0.25, -0.2) is 4.39 Å². The van der Waals surface area contributed by atoms with Gasteiger partial charge in [0.2, 0.25) is 0 Å². The Bertz CT molecular complexity index is 571. The summed E-state index contributed by atoms with van der Waals surface area (Å²) in [5, 5.41) is 12.2. The molecule has 0 saturated carbocycles. The Labute approximate surface area is 113 Å². The number of hydrogen-bond acceptors (Lipinski definition) is 3. The highest BCUT2D eigenvalue weighted by Gasteiger charge is 2.15. The van der Waals surface area contributed by atoms with Gasteiger partial charge < -0.3 is 14.8 Å². The van der Waals surface area contributed by atoms with E-state index in [4.69, 9.17) is 16.0 Å². The number of aliphatic hydroxyl groups excluding tert-OH is 1. The minimum atomic E-state index is -0.946. The Kier molecular flexibility index (Phi) is 4.19. The summed E-state index contributed by atoms with van der Waals surface area (Å²) in [5.74, 6) is -0.654. The fourth-order valence-electron chi connectivity index (χ4n) is 1.54. The number of carbonyl (C=O) groups is 1. The Morgan fingerprint density at radius 1 is 1.47 bits per heavy atom. The zero-order chi connectivity index (χ0) is 13.8. The van der Waals surface area contributed by atoms with Crippen molar-refractivity contribution >= 4 is 17.5 Å². The molecular formula is C13H11ClFNO3. The minimum Gasteiger partial charge on any atom is -0.467 e. The van der Waals surface area contributed by atoms with Crippen LogP contribution in [-0.2, 0) is 0 Å². The molecule has 4 nitrogen and oxygen atoms in total. The summed E-state index contributed by atoms with van der Waals surface area (Å²) in [5.41, 5.74) is 0.148. The predicted octanol–water partition coefficient (Wildman–Crippen LogP) is 2.54. The Morgan fingerprint density at radius 3 is 2.89 bits per heavy atom. The Morgan fingerprint density at radius 2 is 2.26 bits per heavy atom. The average Bonchev–Trinajstić information content (AvgIpc) is 2.89. The molecule has 0 radical (unpaired) electrons. The highest BCUT2D eigenvalue weighted by atomic mass is 35.5. The molecule has 100 valence electrons. The Balaban J connectivity index is 1.98. The van der Waals surface area contributed by atoms with Gasteiger partial charge >= 0.3 is 0 Å². The largest absolute Gasteiger partial charge is 0.467 e. The number of carbonyl (C=O) groups excluding carboxylic acids is 1. The number of amides is 1. The van der Waals surface area contributed by atoms with Gasteiger partial charge in [0, 0.05) is 0 Å². The van der Waals surface area contributed by atoms with Crippen LogP contribution in [0.5, 0.6) is 0 Å². The van der Waals surface area contributed by atoms with Crippen molar-refractivity contribution in [2.24, 2.45) is 0 Å². The first-order valence-electron chi connectivity index (χ1n) is 5.52. The molecule has 0 aliphatic rings. The first-order chi connectivity index (χ1) is 9.08. The van der Waals surface area contributed by atoms with Gasteiger partial charge in [-0.15, -0.1) is 0 Å². The van der Waals surface area contributed by atoms with E-state index in [9.17, 15) is 14.3 Å². The van der Waals surface area contributed by atoms with Crippen molar-refractivity contribution in [3.63, 3.8) is 0 Å². The summed E-state index contributed by atoms with van der Waals surface area (Å²) < 4.78 is 17.8. The van der Waals surface area contributed by atoms with Crippen LogP contribution >= 0.6 is 11.6 Å². The number of benzene rings is 1. The molecule has 1 amide bonds. The summed E-state index contributed by atoms with van der Waals surface area (Å²) in [7, 11) is 0. The van der Waals surface area contributed by atoms with E-state index < -0.39 is 17.8 Å². The highest BCUT2D eigenvalue weighted by molar-refractivity contribution is 6.33. The second-order valence-electron chi connectivity index (χ2n) is 3.87. The van der Waals surface area contributed by atoms with Gasteiger partial charge in [-0.3, -0.25) is 4.79 Å². The van der Waals surface area contributed by atoms with Crippen LogP contribution in [0.3, 0.4) is 0 Å². The van der Waals surface area contributed by atoms with Gasteiger partial charge in [0.05, 0.1) is 23.4 Å². The molecule has 1 atom stereocenters. The lowest BCUT2D eigenvalue weighted by molar-refractivity contribution is 0.0901. The van der Waals surface area contributed by atoms with Gasteiger partial charge in [-0.1, -0.05) is 11.6 Å². The lowest BCUT2D eigenvalue weighted by atomic mass is 10.2. The fourth-order valence-corrected chi connectivity index (χ4v) is 1.79. The second-order valence-corrected chi connectivity index (χ2v) is 4.27. The van der Waals surface area contributed by atoms with Crippen LogP contribution in [0.1, 0.15) is 22.2 Å². The molecule has 6 heteroatoms. The summed E-state index contributed by atoms with van der Waals surface area (Å²) in [4.78, 5) is 11.8. The quantitative estimate of drug-likeness (QED) is 0.906. The molecule has 1 aromatic heterocycles. The van der Waals surface area contributed by atoms with E-state index in [2.05, 4.69) is 5.32 Å². The molecule has 0 fully saturated rings. The highest BCUT2D eigenvalue weighted by Crippen LogP contribution is 2.17. The van der Waals surface area contributed by atoms with Gasteiger partial charge in [0.1, 0.15) is 17.7 Å². The summed E-state index contributed by atoms with van der Waals surface area (Å²) >= 11 is 5.76. The summed E-state index contributed by atoms with van der Waals surface area (Å²) in [6.07, 6.45) is 0.482. The lowest BCUT2D eigenvalue weighted by Gasteiger charge is -2.10. The van der Waals surface area contributed by atoms with Crippen LogP contribution in [-0.4, -0.2) is 17.6 Å². The smallest absolute Gasteiger partial charge is 0.252 e. The number of aliphatic hydroxyl groups is 1. The lowest BCUT2D eigenvalue weighted by Crippen LogP contribution is -2.28. The van der Waals surface area contributed by atoms with Gasteiger partial charge in [0.25, 0.3) is 5.91 Å². The van der Waals surface area contributed by atoms with Crippen molar-refractivity contribution < 1.29 is 18.7 Å². The normalized spacial score (nSPS) is 12.2. The van der Waals surface area contributed by atoms with Gasteiger partial charge in [0.15, 0.2) is 0 Å². The molecule has 0 saturated heterocycles. The van der Waals surface area contributed by atoms with E-state index >= 15 is 0 Å². The van der Waals surface area contributed by atoms with E-state index in [-0.39, 0.29) is 17.1 Å². The Hall–Kier alpha value is -1.85. The maximum Gasteiger partial charge on any atom is 0.252 e. The SMILES string of the molecule is O=C(NCC(O)c1ccco1)c1ccc(F)cc1Cl. The van der Waals surface area contributed by atoms with Crippen LogP contribution in [0.25, 0.3) is 0 Å². The molecule has 2 aromatic rings. The topological polar surface area (TPSA) is 62.5 Å². The van der Waals surface area contributed by atoms with Crippen molar-refractivity contribution in [3.8, 4) is 0 Å². The molecule has 2 N–H and O–H groups in total. The summed E-state index contributed by atoms with van der Waals surface area (Å²) in [6, 6.07) is 6.72. The molecule has 2 rings (SSSR count). The fraction of sp³-hybridized carbons (Fsp3) is 0.154. The van der Waals surface area contributed by atoms with Gasteiger partial charge in [-0.05, 0) is 30.3 Å². The van der Waals surface area contributed by atoms with Crippen molar-refractivity contribution in [2.75, 3.05) is 6.54 Å². The van der Waals surface area contributed by atoms with Crippen LogP contribution < -0.4 is 5.32 Å². The molecule has 0 aliphatic carbocycles. The van der Waals surface area contributed by atoms with Crippen molar-refractivity contribution in [1.82, 2.24) is 5.32 Å². The molecular weight excluding hydrogens is 273 g/mol. The first kappa shape index (κ1) is 13.6. The van der Waals surface area contributed by atoms with Crippen LogP contribution in [0, 0.1) is 5.82 Å². The first-order valence-corrected chi connectivity index (χ1v) is 5.90. The number of rotatable bonds is 4. The van der Waals surface area contributed by atoms with Crippen molar-refractivity contribution in [2.45, 2.75) is 6.10 Å². The third kappa shape index (κ3) is 3.33. The van der Waals surface area contributed by atoms with E-state index in [1.54, 1.807) is 12.1 Å². The van der Waals surface area contributed by atoms with E-state index in [0.717, 1.165) is 12.1 Å². The van der Waals surface area contributed by atoms with Crippen LogP contribution in [0.15, 0.2) is 41.0 Å². The molecule has 0 aliphatic heterocycles. The minimum absolute atomic E-state index is 0.0185. The molecule has 0 spiro atoms. The number of hydrogen-bond donors (Lipinski definition) is 2. The third-order valence-electron chi connectivity index (χ3n) is 2.50. The molecule has 1 unspecified atom stereocenters. The zero-order valence-corrected chi connectivity index (χ0v) is 10.5. The molecule has 1 heterocycles. The molecule has 19 heavy (non-hydrogen) atoms. The van der Waals surface area contributed by atoms with Crippen LogP contribution in [0.4, 0.5) is 4.39 Å². The van der Waals surface area contributed by atoms with Crippen LogP contribution in [0.2, 0.25) is 5.02 Å². The van der Waals surface area contributed by atoms with E-state index in [1.807, 2.05) is 0 Å².